The number of alkyl halides is 1. The smallest absolute Gasteiger partial charge is 0.303 e. The van der Waals surface area contributed by atoms with Gasteiger partial charge in [-0.3, -0.25) is 14.4 Å². The lowest BCUT2D eigenvalue weighted by Gasteiger charge is -2.63. The van der Waals surface area contributed by atoms with Crippen LogP contribution in [0.25, 0.3) is 0 Å². The van der Waals surface area contributed by atoms with Crippen LogP contribution in [0.5, 0.6) is 0 Å². The number of esters is 1. The topological polar surface area (TPSA) is 101 Å². The van der Waals surface area contributed by atoms with Gasteiger partial charge in [-0.05, 0) is 55.1 Å². The summed E-state index contributed by atoms with van der Waals surface area (Å²) >= 11 is 7.26. The van der Waals surface area contributed by atoms with Gasteiger partial charge in [0, 0.05) is 17.8 Å². The van der Waals surface area contributed by atoms with Crippen molar-refractivity contribution in [1.29, 1.82) is 0 Å². The van der Waals surface area contributed by atoms with E-state index >= 15 is 0 Å². The second kappa shape index (κ2) is 7.21. The van der Waals surface area contributed by atoms with Gasteiger partial charge in [0.25, 0.3) is 0 Å². The second-order valence-electron chi connectivity index (χ2n) is 10.5. The molecular formula is C24H30ClFO6. The van der Waals surface area contributed by atoms with E-state index in [1.807, 2.05) is 0 Å². The predicted molar refractivity (Wildman–Crippen MR) is 114 cm³/mol. The number of ether oxygens (including phenoxy) is 1. The molecule has 0 saturated heterocycles. The molecule has 3 saturated carbocycles. The third kappa shape index (κ3) is 2.67. The number of allylic oxidation sites excluding steroid dienone is 4. The van der Waals surface area contributed by atoms with E-state index in [1.165, 1.54) is 13.0 Å². The van der Waals surface area contributed by atoms with Gasteiger partial charge in [0.05, 0.1) is 11.0 Å². The fourth-order valence-corrected chi connectivity index (χ4v) is 8.01. The van der Waals surface area contributed by atoms with E-state index < -0.39 is 63.3 Å². The maximum absolute atomic E-state index is 14.8. The molecule has 0 aromatic heterocycles. The molecule has 3 fully saturated rings. The number of rotatable bonds is 3. The maximum Gasteiger partial charge on any atom is 0.303 e. The van der Waals surface area contributed by atoms with Crippen molar-refractivity contribution in [2.45, 2.75) is 70.0 Å². The average molecular weight is 469 g/mol. The molecule has 0 aromatic rings. The standard InChI is InChI=1S/C24H30ClFO6/c1-12-9-16-14-5-6-15-20(26)17(28)7-8-21(15,3)23(14,25)18(29)10-22(16,4)24(12,31)19(30)11-32-13(2)27/h7-8,12,14,16,18,29,31H,5-6,9-11H2,1-4H3/t12-,14-,16-,18-,21-,22-,23-,24-/m0/s1. The highest BCUT2D eigenvalue weighted by Gasteiger charge is 2.74. The molecule has 4 aliphatic carbocycles. The SMILES string of the molecule is CC(=O)OCC(=O)[C@@]1(O)[C@@H](C)C[C@H]2[C@@H]3CCC4=C(F)C(=O)C=C[C@]4(C)[C@@]3(Cl)[C@@H](O)C[C@@]21C. The first-order valence-corrected chi connectivity index (χ1v) is 11.5. The molecule has 4 aliphatic rings. The van der Waals surface area contributed by atoms with E-state index in [0.29, 0.717) is 24.8 Å². The summed E-state index contributed by atoms with van der Waals surface area (Å²) in [7, 11) is 0. The molecule has 176 valence electrons. The highest BCUT2D eigenvalue weighted by molar-refractivity contribution is 6.26. The molecule has 0 spiro atoms. The van der Waals surface area contributed by atoms with Crippen LogP contribution >= 0.6 is 11.6 Å². The Morgan fingerprint density at radius 2 is 1.97 bits per heavy atom. The number of aliphatic hydroxyl groups is 2. The number of hydrogen-bond acceptors (Lipinski definition) is 6. The average Bonchev–Trinajstić information content (AvgIpc) is 2.92. The van der Waals surface area contributed by atoms with Crippen molar-refractivity contribution in [2.75, 3.05) is 6.61 Å². The maximum atomic E-state index is 14.8. The van der Waals surface area contributed by atoms with Crippen LogP contribution in [0, 0.1) is 28.6 Å². The minimum absolute atomic E-state index is 0.0244. The number of fused-ring (bicyclic) bond motifs is 5. The molecule has 0 unspecified atom stereocenters. The van der Waals surface area contributed by atoms with Gasteiger partial charge in [-0.25, -0.2) is 4.39 Å². The first kappa shape index (κ1) is 23.6. The summed E-state index contributed by atoms with van der Waals surface area (Å²) in [4.78, 5) is 35.0. The van der Waals surface area contributed by atoms with Gasteiger partial charge in [0.1, 0.15) is 5.60 Å². The summed E-state index contributed by atoms with van der Waals surface area (Å²) in [5, 5.41) is 23.2. The van der Waals surface area contributed by atoms with E-state index in [4.69, 9.17) is 16.3 Å². The van der Waals surface area contributed by atoms with Gasteiger partial charge in [-0.1, -0.05) is 26.8 Å². The van der Waals surface area contributed by atoms with E-state index in [0.717, 1.165) is 0 Å². The van der Waals surface area contributed by atoms with Gasteiger partial charge < -0.3 is 14.9 Å². The fourth-order valence-electron chi connectivity index (χ4n) is 7.50. The Kier molecular flexibility index (Phi) is 5.32. The van der Waals surface area contributed by atoms with Gasteiger partial charge >= 0.3 is 5.97 Å². The lowest BCUT2D eigenvalue weighted by Crippen LogP contribution is -2.69. The summed E-state index contributed by atoms with van der Waals surface area (Å²) < 4.78 is 19.7. The van der Waals surface area contributed by atoms with Crippen LogP contribution in [0.1, 0.15) is 53.4 Å². The Morgan fingerprint density at radius 3 is 2.59 bits per heavy atom. The first-order valence-electron chi connectivity index (χ1n) is 11.1. The number of Topliss-reactive ketones (excluding diaryl/α,β-unsaturated/α-hetero) is 1. The van der Waals surface area contributed by atoms with Crippen LogP contribution in [-0.2, 0) is 19.1 Å². The molecular weight excluding hydrogens is 439 g/mol. The third-order valence-electron chi connectivity index (χ3n) is 9.15. The van der Waals surface area contributed by atoms with Crippen LogP contribution in [0.3, 0.4) is 0 Å². The molecule has 2 N–H and O–H groups in total. The zero-order valence-corrected chi connectivity index (χ0v) is 19.5. The molecule has 8 heteroatoms. The van der Waals surface area contributed by atoms with Crippen molar-refractivity contribution >= 4 is 29.1 Å². The van der Waals surface area contributed by atoms with Crippen LogP contribution in [0.4, 0.5) is 4.39 Å². The lowest BCUT2D eigenvalue weighted by molar-refractivity contribution is -0.182. The number of carbonyl (C=O) groups excluding carboxylic acids is 3. The van der Waals surface area contributed by atoms with Crippen molar-refractivity contribution in [3.05, 3.63) is 23.6 Å². The van der Waals surface area contributed by atoms with Crippen LogP contribution in [0.15, 0.2) is 23.6 Å². The second-order valence-corrected chi connectivity index (χ2v) is 11.1. The Balaban J connectivity index is 1.78. The van der Waals surface area contributed by atoms with E-state index in [1.54, 1.807) is 26.8 Å². The van der Waals surface area contributed by atoms with Crippen molar-refractivity contribution < 1.29 is 33.7 Å². The Labute approximate surface area is 191 Å². The largest absolute Gasteiger partial charge is 0.458 e. The molecule has 0 radical (unpaired) electrons. The Hall–Kier alpha value is -1.57. The monoisotopic (exact) mass is 468 g/mol. The van der Waals surface area contributed by atoms with Crippen molar-refractivity contribution in [2.24, 2.45) is 28.6 Å². The molecule has 0 aromatic carbocycles. The highest BCUT2D eigenvalue weighted by Crippen LogP contribution is 2.71. The van der Waals surface area contributed by atoms with Crippen LogP contribution < -0.4 is 0 Å². The summed E-state index contributed by atoms with van der Waals surface area (Å²) in [6.07, 6.45) is 2.88. The molecule has 0 amide bonds. The van der Waals surface area contributed by atoms with Gasteiger partial charge in [0.2, 0.25) is 11.6 Å². The van der Waals surface area contributed by atoms with Crippen molar-refractivity contribution in [3.63, 3.8) is 0 Å². The normalized spacial score (nSPS) is 47.6. The molecule has 0 heterocycles. The van der Waals surface area contributed by atoms with Gasteiger partial charge in [-0.2, -0.15) is 0 Å². The Bertz CT molecular complexity index is 960. The molecule has 6 nitrogen and oxygen atoms in total. The van der Waals surface area contributed by atoms with E-state index in [-0.39, 0.29) is 18.3 Å². The molecule has 0 bridgehead atoms. The summed E-state index contributed by atoms with van der Waals surface area (Å²) in [6.45, 7) is 5.99. The minimum Gasteiger partial charge on any atom is -0.458 e. The zero-order chi connectivity index (χ0) is 23.9. The van der Waals surface area contributed by atoms with Gasteiger partial charge in [0.15, 0.2) is 12.4 Å². The predicted octanol–water partition coefficient (Wildman–Crippen LogP) is 3.03. The number of halogens is 2. The molecule has 32 heavy (non-hydrogen) atoms. The zero-order valence-electron chi connectivity index (χ0n) is 18.8. The van der Waals surface area contributed by atoms with Crippen LogP contribution in [-0.4, -0.2) is 50.9 Å². The van der Waals surface area contributed by atoms with E-state index in [2.05, 4.69) is 0 Å². The quantitative estimate of drug-likeness (QED) is 0.487. The van der Waals surface area contributed by atoms with Gasteiger partial charge in [-0.15, -0.1) is 11.6 Å². The number of aliphatic hydroxyl groups excluding tert-OH is 1. The van der Waals surface area contributed by atoms with Crippen molar-refractivity contribution in [3.8, 4) is 0 Å². The highest BCUT2D eigenvalue weighted by atomic mass is 35.5. The fraction of sp³-hybridized carbons (Fsp3) is 0.708. The summed E-state index contributed by atoms with van der Waals surface area (Å²) in [5.74, 6) is -3.69. The third-order valence-corrected chi connectivity index (χ3v) is 10.1. The van der Waals surface area contributed by atoms with E-state index in [9.17, 15) is 29.0 Å². The van der Waals surface area contributed by atoms with Crippen LogP contribution in [0.2, 0.25) is 0 Å². The Morgan fingerprint density at radius 1 is 1.31 bits per heavy atom. The minimum atomic E-state index is -1.80. The number of carbonyl (C=O) groups is 3. The van der Waals surface area contributed by atoms with Crippen molar-refractivity contribution in [1.82, 2.24) is 0 Å². The lowest BCUT2D eigenvalue weighted by atomic mass is 9.45. The summed E-state index contributed by atoms with van der Waals surface area (Å²) in [5.41, 5.74) is -3.56. The summed E-state index contributed by atoms with van der Waals surface area (Å²) in [6, 6.07) is 0. The number of hydrogen-bond donors (Lipinski definition) is 2. The molecule has 8 atom stereocenters. The molecule has 0 aliphatic heterocycles. The first-order chi connectivity index (χ1) is 14.7. The number of ketones is 2. The molecule has 4 rings (SSSR count).